The number of thiophene rings is 1. The van der Waals surface area contributed by atoms with Crippen LogP contribution in [-0.4, -0.2) is 18.2 Å². The van der Waals surface area contributed by atoms with Gasteiger partial charge in [-0.2, -0.15) is 0 Å². The highest BCUT2D eigenvalue weighted by atomic mass is 32.1. The number of amides is 1. The third kappa shape index (κ3) is 5.58. The quantitative estimate of drug-likeness (QED) is 0.372. The van der Waals surface area contributed by atoms with E-state index < -0.39 is 0 Å². The highest BCUT2D eigenvalue weighted by Crippen LogP contribution is 2.45. The van der Waals surface area contributed by atoms with Gasteiger partial charge in [0.2, 0.25) is 0 Å². The highest BCUT2D eigenvalue weighted by Gasteiger charge is 2.33. The van der Waals surface area contributed by atoms with Crippen molar-refractivity contribution in [2.75, 3.05) is 5.32 Å². The molecule has 0 radical (unpaired) electrons. The van der Waals surface area contributed by atoms with Crippen molar-refractivity contribution in [1.82, 2.24) is 0 Å². The van der Waals surface area contributed by atoms with Crippen molar-refractivity contribution in [2.45, 2.75) is 60.0 Å². The van der Waals surface area contributed by atoms with Crippen molar-refractivity contribution >= 4 is 34.1 Å². The first-order chi connectivity index (χ1) is 16.2. The van der Waals surface area contributed by atoms with Gasteiger partial charge in [-0.15, -0.1) is 11.3 Å². The van der Waals surface area contributed by atoms with Crippen LogP contribution in [0.3, 0.4) is 0 Å². The molecule has 0 aliphatic heterocycles. The number of benzene rings is 2. The number of rotatable bonds is 6. The van der Waals surface area contributed by atoms with E-state index in [1.165, 1.54) is 4.88 Å². The van der Waals surface area contributed by atoms with Crippen LogP contribution in [0.4, 0.5) is 10.7 Å². The molecule has 5 heteroatoms. The molecule has 1 atom stereocenters. The SMILES string of the molecule is CC(C)Oc1ccccc1C=Nc1sc2c(c1C(=O)Nc1ccccc1)CC[C@@H](C(C)(C)C)C2. The first-order valence-corrected chi connectivity index (χ1v) is 12.8. The number of anilines is 1. The van der Waals surface area contributed by atoms with E-state index in [-0.39, 0.29) is 17.4 Å². The summed E-state index contributed by atoms with van der Waals surface area (Å²) in [5, 5.41) is 3.85. The lowest BCUT2D eigenvalue weighted by Crippen LogP contribution is -2.27. The normalized spacial score (nSPS) is 16.0. The number of nitrogens with zero attached hydrogens (tertiary/aromatic N) is 1. The van der Waals surface area contributed by atoms with Crippen LogP contribution in [0.5, 0.6) is 5.75 Å². The Labute approximate surface area is 207 Å². The average Bonchev–Trinajstić information content (AvgIpc) is 3.16. The number of nitrogens with one attached hydrogen (secondary N) is 1. The van der Waals surface area contributed by atoms with Crippen LogP contribution < -0.4 is 10.1 Å². The molecule has 1 N–H and O–H groups in total. The summed E-state index contributed by atoms with van der Waals surface area (Å²) in [6.07, 6.45) is 4.90. The van der Waals surface area contributed by atoms with E-state index in [1.54, 1.807) is 11.3 Å². The van der Waals surface area contributed by atoms with Crippen LogP contribution in [0, 0.1) is 11.3 Å². The van der Waals surface area contributed by atoms with Crippen LogP contribution in [0.25, 0.3) is 0 Å². The first kappa shape index (κ1) is 24.2. The second-order valence-electron chi connectivity index (χ2n) is 10.3. The standard InChI is InChI=1S/C29H34N2O2S/c1-19(2)33-24-14-10-9-11-20(24)18-30-28-26(27(32)31-22-12-7-6-8-13-22)23-16-15-21(29(3,4)5)17-25(23)34-28/h6-14,18-19,21H,15-17H2,1-5H3,(H,31,32)/t21-/m1/s1. The minimum Gasteiger partial charge on any atom is -0.490 e. The molecule has 3 aromatic rings. The maximum Gasteiger partial charge on any atom is 0.259 e. The van der Waals surface area contributed by atoms with Crippen LogP contribution in [0.1, 0.15) is 67.4 Å². The van der Waals surface area contributed by atoms with Crippen molar-refractivity contribution < 1.29 is 9.53 Å². The van der Waals surface area contributed by atoms with Crippen molar-refractivity contribution in [3.8, 4) is 5.75 Å². The lowest BCUT2D eigenvalue weighted by Gasteiger charge is -2.33. The number of ether oxygens (including phenoxy) is 1. The fourth-order valence-corrected chi connectivity index (χ4v) is 5.70. The third-order valence-electron chi connectivity index (χ3n) is 6.33. The molecule has 0 spiro atoms. The Balaban J connectivity index is 1.71. The molecule has 34 heavy (non-hydrogen) atoms. The summed E-state index contributed by atoms with van der Waals surface area (Å²) >= 11 is 1.66. The van der Waals surface area contributed by atoms with E-state index in [9.17, 15) is 4.79 Å². The molecule has 4 nitrogen and oxygen atoms in total. The molecule has 2 aromatic carbocycles. The van der Waals surface area contributed by atoms with Gasteiger partial charge in [0.05, 0.1) is 11.7 Å². The predicted octanol–water partition coefficient (Wildman–Crippen LogP) is 7.69. The Bertz CT molecular complexity index is 1170. The summed E-state index contributed by atoms with van der Waals surface area (Å²) in [6, 6.07) is 17.5. The van der Waals surface area contributed by atoms with E-state index in [0.717, 1.165) is 52.4 Å². The third-order valence-corrected chi connectivity index (χ3v) is 7.50. The van der Waals surface area contributed by atoms with E-state index in [2.05, 4.69) is 26.1 Å². The van der Waals surface area contributed by atoms with Gasteiger partial charge in [0.1, 0.15) is 10.8 Å². The summed E-state index contributed by atoms with van der Waals surface area (Å²) in [7, 11) is 0. The predicted molar refractivity (Wildman–Crippen MR) is 143 cm³/mol. The number of carbonyl (C=O) groups excluding carboxylic acids is 1. The summed E-state index contributed by atoms with van der Waals surface area (Å²) in [4.78, 5) is 19.6. The van der Waals surface area contributed by atoms with Crippen LogP contribution >= 0.6 is 11.3 Å². The summed E-state index contributed by atoms with van der Waals surface area (Å²) in [5.74, 6) is 1.31. The molecule has 0 fully saturated rings. The number of hydrogen-bond acceptors (Lipinski definition) is 4. The van der Waals surface area contributed by atoms with Crippen molar-refractivity contribution in [3.05, 3.63) is 76.2 Å². The molecule has 0 bridgehead atoms. The molecule has 1 aliphatic rings. The first-order valence-electron chi connectivity index (χ1n) is 12.0. The van der Waals surface area contributed by atoms with Gasteiger partial charge in [-0.05, 0) is 74.3 Å². The van der Waals surface area contributed by atoms with Gasteiger partial charge < -0.3 is 10.1 Å². The van der Waals surface area contributed by atoms with Gasteiger partial charge in [0, 0.05) is 22.3 Å². The molecule has 1 aliphatic carbocycles. The van der Waals surface area contributed by atoms with Gasteiger partial charge in [-0.3, -0.25) is 4.79 Å². The van der Waals surface area contributed by atoms with Gasteiger partial charge in [-0.1, -0.05) is 51.1 Å². The maximum absolute atomic E-state index is 13.5. The van der Waals surface area contributed by atoms with Gasteiger partial charge in [0.25, 0.3) is 5.91 Å². The number of hydrogen-bond donors (Lipinski definition) is 1. The molecule has 4 rings (SSSR count). The van der Waals surface area contributed by atoms with E-state index in [1.807, 2.05) is 74.7 Å². The van der Waals surface area contributed by atoms with Crippen molar-refractivity contribution in [3.63, 3.8) is 0 Å². The van der Waals surface area contributed by atoms with Crippen LogP contribution in [0.15, 0.2) is 59.6 Å². The number of para-hydroxylation sites is 2. The molecule has 1 heterocycles. The minimum absolute atomic E-state index is 0.0742. The second-order valence-corrected chi connectivity index (χ2v) is 11.4. The number of carbonyl (C=O) groups is 1. The number of aliphatic imine (C=N–C) groups is 1. The number of fused-ring (bicyclic) bond motifs is 1. The topological polar surface area (TPSA) is 50.7 Å². The van der Waals surface area contributed by atoms with Gasteiger partial charge in [-0.25, -0.2) is 4.99 Å². The smallest absolute Gasteiger partial charge is 0.259 e. The molecule has 1 aromatic heterocycles. The van der Waals surface area contributed by atoms with Gasteiger partial charge >= 0.3 is 0 Å². The average molecular weight is 475 g/mol. The van der Waals surface area contributed by atoms with Crippen molar-refractivity contribution in [1.29, 1.82) is 0 Å². The zero-order valence-electron chi connectivity index (χ0n) is 20.7. The molecular weight excluding hydrogens is 440 g/mol. The Hall–Kier alpha value is -2.92. The summed E-state index contributed by atoms with van der Waals surface area (Å²) in [6.45, 7) is 11.0. The molecular formula is C29H34N2O2S. The zero-order valence-corrected chi connectivity index (χ0v) is 21.5. The monoisotopic (exact) mass is 474 g/mol. The highest BCUT2D eigenvalue weighted by molar-refractivity contribution is 7.16. The Morgan fingerprint density at radius 3 is 2.53 bits per heavy atom. The lowest BCUT2D eigenvalue weighted by molar-refractivity contribution is 0.102. The van der Waals surface area contributed by atoms with Crippen molar-refractivity contribution in [2.24, 2.45) is 16.3 Å². The Morgan fingerprint density at radius 2 is 1.82 bits per heavy atom. The molecule has 0 saturated heterocycles. The second kappa shape index (κ2) is 10.1. The fraction of sp³-hybridized carbons (Fsp3) is 0.379. The molecule has 0 unspecified atom stereocenters. The van der Waals surface area contributed by atoms with E-state index >= 15 is 0 Å². The summed E-state index contributed by atoms with van der Waals surface area (Å²) in [5.41, 5.74) is 3.82. The largest absolute Gasteiger partial charge is 0.490 e. The lowest BCUT2D eigenvalue weighted by atomic mass is 9.72. The molecule has 0 saturated carbocycles. The zero-order chi connectivity index (χ0) is 24.3. The Kier molecular flexibility index (Phi) is 7.22. The minimum atomic E-state index is -0.0863. The molecule has 178 valence electrons. The maximum atomic E-state index is 13.5. The fourth-order valence-electron chi connectivity index (χ4n) is 4.43. The van der Waals surface area contributed by atoms with E-state index in [4.69, 9.17) is 9.73 Å². The Morgan fingerprint density at radius 1 is 1.12 bits per heavy atom. The van der Waals surface area contributed by atoms with Crippen LogP contribution in [-0.2, 0) is 12.8 Å². The molecule has 1 amide bonds. The van der Waals surface area contributed by atoms with E-state index in [0.29, 0.717) is 5.92 Å². The van der Waals surface area contributed by atoms with Crippen LogP contribution in [0.2, 0.25) is 0 Å². The van der Waals surface area contributed by atoms with Gasteiger partial charge in [0.15, 0.2) is 0 Å². The summed E-state index contributed by atoms with van der Waals surface area (Å²) < 4.78 is 5.96.